The third-order valence-corrected chi connectivity index (χ3v) is 3.83. The van der Waals surface area contributed by atoms with Gasteiger partial charge in [-0.25, -0.2) is 4.98 Å². The van der Waals surface area contributed by atoms with Gasteiger partial charge in [0.25, 0.3) is 5.91 Å². The van der Waals surface area contributed by atoms with Gasteiger partial charge in [-0.05, 0) is 29.8 Å². The maximum absolute atomic E-state index is 12.3. The molecule has 0 aliphatic carbocycles. The molecule has 3 rings (SSSR count). The number of anilines is 1. The number of ether oxygens (including phenoxy) is 1. The van der Waals surface area contributed by atoms with Crippen molar-refractivity contribution in [1.82, 2.24) is 9.97 Å². The average Bonchev–Trinajstić information content (AvgIpc) is 2.63. The van der Waals surface area contributed by atoms with Gasteiger partial charge >= 0.3 is 0 Å². The highest BCUT2D eigenvalue weighted by molar-refractivity contribution is 6.34. The van der Waals surface area contributed by atoms with Crippen LogP contribution in [0, 0.1) is 0 Å². The van der Waals surface area contributed by atoms with Crippen molar-refractivity contribution in [3.05, 3.63) is 82.2 Å². The lowest BCUT2D eigenvalue weighted by molar-refractivity contribution is 0.102. The quantitative estimate of drug-likeness (QED) is 0.708. The van der Waals surface area contributed by atoms with Crippen molar-refractivity contribution in [2.45, 2.75) is 6.61 Å². The minimum absolute atomic E-state index is 0.256. The van der Waals surface area contributed by atoms with Crippen LogP contribution in [0.2, 0.25) is 10.0 Å². The number of nitrogens with one attached hydrogen (secondary N) is 1. The number of rotatable bonds is 5. The summed E-state index contributed by atoms with van der Waals surface area (Å²) in [6.07, 6.45) is 4.52. The van der Waals surface area contributed by atoms with Gasteiger partial charge in [0.1, 0.15) is 12.4 Å². The van der Waals surface area contributed by atoms with Crippen molar-refractivity contribution >= 4 is 34.9 Å². The van der Waals surface area contributed by atoms with Gasteiger partial charge in [0, 0.05) is 29.0 Å². The molecule has 0 aliphatic rings. The van der Waals surface area contributed by atoms with Gasteiger partial charge in [-0.1, -0.05) is 35.3 Å². The van der Waals surface area contributed by atoms with Crippen molar-refractivity contribution in [2.75, 3.05) is 5.32 Å². The molecule has 2 aromatic carbocycles. The molecular weight excluding hydrogens is 361 g/mol. The predicted octanol–water partition coefficient (Wildman–Crippen LogP) is 4.61. The lowest BCUT2D eigenvalue weighted by Gasteiger charge is -2.10. The van der Waals surface area contributed by atoms with Gasteiger partial charge in [0.2, 0.25) is 0 Å². The number of hydrogen-bond donors (Lipinski definition) is 1. The minimum Gasteiger partial charge on any atom is -0.487 e. The highest BCUT2D eigenvalue weighted by Gasteiger charge is 2.09. The first-order chi connectivity index (χ1) is 12.1. The zero-order valence-electron chi connectivity index (χ0n) is 12.9. The number of benzene rings is 2. The summed E-state index contributed by atoms with van der Waals surface area (Å²) in [6, 6.07) is 12.1. The fourth-order valence-corrected chi connectivity index (χ4v) is 2.44. The topological polar surface area (TPSA) is 64.1 Å². The average molecular weight is 374 g/mol. The van der Waals surface area contributed by atoms with E-state index in [1.54, 1.807) is 36.4 Å². The Labute approximate surface area is 154 Å². The third-order valence-electron chi connectivity index (χ3n) is 3.28. The van der Waals surface area contributed by atoms with Gasteiger partial charge in [-0.15, -0.1) is 0 Å². The molecule has 126 valence electrons. The zero-order chi connectivity index (χ0) is 17.6. The zero-order valence-corrected chi connectivity index (χ0v) is 14.5. The molecule has 1 heterocycles. The number of hydrogen-bond acceptors (Lipinski definition) is 4. The first-order valence-electron chi connectivity index (χ1n) is 7.36. The van der Waals surface area contributed by atoms with E-state index < -0.39 is 0 Å². The molecule has 3 aromatic rings. The van der Waals surface area contributed by atoms with E-state index in [0.29, 0.717) is 27.2 Å². The van der Waals surface area contributed by atoms with Gasteiger partial charge in [-0.3, -0.25) is 9.78 Å². The van der Waals surface area contributed by atoms with Gasteiger partial charge in [-0.2, -0.15) is 0 Å². The van der Waals surface area contributed by atoms with E-state index in [1.807, 2.05) is 6.07 Å². The number of nitrogens with zero attached hydrogens (tertiary/aromatic N) is 2. The van der Waals surface area contributed by atoms with E-state index in [1.165, 1.54) is 18.6 Å². The van der Waals surface area contributed by atoms with Crippen LogP contribution in [0.5, 0.6) is 5.75 Å². The first-order valence-corrected chi connectivity index (χ1v) is 8.11. The molecule has 1 amide bonds. The molecule has 7 heteroatoms. The fraction of sp³-hybridized carbons (Fsp3) is 0.0556. The summed E-state index contributed by atoms with van der Waals surface area (Å²) >= 11 is 12.0. The summed E-state index contributed by atoms with van der Waals surface area (Å²) in [4.78, 5) is 20.2. The highest BCUT2D eigenvalue weighted by Crippen LogP contribution is 2.28. The third kappa shape index (κ3) is 4.68. The molecule has 0 unspecified atom stereocenters. The maximum atomic E-state index is 12.3. The van der Waals surface area contributed by atoms with Crippen molar-refractivity contribution in [3.63, 3.8) is 0 Å². The van der Waals surface area contributed by atoms with Crippen LogP contribution in [-0.2, 0) is 6.61 Å². The van der Waals surface area contributed by atoms with Crippen LogP contribution in [0.1, 0.15) is 15.9 Å². The Morgan fingerprint density at radius 1 is 1.12 bits per heavy atom. The molecule has 0 atom stereocenters. The molecule has 1 N–H and O–H groups in total. The molecule has 1 aromatic heterocycles. The van der Waals surface area contributed by atoms with E-state index in [4.69, 9.17) is 27.9 Å². The van der Waals surface area contributed by atoms with Crippen molar-refractivity contribution in [3.8, 4) is 5.75 Å². The molecule has 0 saturated carbocycles. The Morgan fingerprint density at radius 3 is 2.80 bits per heavy atom. The largest absolute Gasteiger partial charge is 0.487 e. The lowest BCUT2D eigenvalue weighted by Crippen LogP contribution is -2.13. The van der Waals surface area contributed by atoms with Crippen LogP contribution in [0.25, 0.3) is 0 Å². The second kappa shape index (κ2) is 7.96. The summed E-state index contributed by atoms with van der Waals surface area (Å²) in [5.41, 5.74) is 1.31. The number of carbonyl (C=O) groups is 1. The van der Waals surface area contributed by atoms with Crippen molar-refractivity contribution in [1.29, 1.82) is 0 Å². The maximum Gasteiger partial charge on any atom is 0.256 e. The Kier molecular flexibility index (Phi) is 5.48. The smallest absolute Gasteiger partial charge is 0.256 e. The number of halogens is 2. The molecule has 0 bridgehead atoms. The second-order valence-electron chi connectivity index (χ2n) is 5.11. The van der Waals surface area contributed by atoms with E-state index >= 15 is 0 Å². The molecule has 5 nitrogen and oxygen atoms in total. The van der Waals surface area contributed by atoms with Crippen LogP contribution < -0.4 is 10.1 Å². The molecule has 0 radical (unpaired) electrons. The van der Waals surface area contributed by atoms with Crippen molar-refractivity contribution in [2.24, 2.45) is 0 Å². The Hall–Kier alpha value is -2.63. The van der Waals surface area contributed by atoms with E-state index in [9.17, 15) is 4.79 Å². The van der Waals surface area contributed by atoms with Crippen LogP contribution in [0.4, 0.5) is 5.82 Å². The molecule has 0 saturated heterocycles. The summed E-state index contributed by atoms with van der Waals surface area (Å²) in [7, 11) is 0. The highest BCUT2D eigenvalue weighted by atomic mass is 35.5. The fourth-order valence-electron chi connectivity index (χ4n) is 2.10. The SMILES string of the molecule is O=C(Nc1cnccn1)c1cccc(COc2cc(Cl)ccc2Cl)c1. The standard InChI is InChI=1S/C18H13Cl2N3O2/c19-14-4-5-15(20)16(9-14)25-11-12-2-1-3-13(8-12)18(24)23-17-10-21-6-7-22-17/h1-10H,11H2,(H,22,23,24). The van der Waals surface area contributed by atoms with E-state index in [2.05, 4.69) is 15.3 Å². The number of carbonyl (C=O) groups excluding carboxylic acids is 1. The summed E-state index contributed by atoms with van der Waals surface area (Å²) in [5, 5.41) is 3.70. The van der Waals surface area contributed by atoms with Crippen LogP contribution in [0.15, 0.2) is 61.1 Å². The van der Waals surface area contributed by atoms with Crippen LogP contribution in [-0.4, -0.2) is 15.9 Å². The van der Waals surface area contributed by atoms with Gasteiger partial charge in [0.15, 0.2) is 5.82 Å². The Balaban J connectivity index is 1.69. The normalized spacial score (nSPS) is 10.3. The predicted molar refractivity (Wildman–Crippen MR) is 97.2 cm³/mol. The monoisotopic (exact) mass is 373 g/mol. The minimum atomic E-state index is -0.275. The summed E-state index contributed by atoms with van der Waals surface area (Å²) in [5.74, 6) is 0.603. The van der Waals surface area contributed by atoms with E-state index in [-0.39, 0.29) is 12.5 Å². The molecule has 25 heavy (non-hydrogen) atoms. The number of aromatic nitrogens is 2. The van der Waals surface area contributed by atoms with Crippen LogP contribution in [0.3, 0.4) is 0 Å². The molecule has 0 aliphatic heterocycles. The lowest BCUT2D eigenvalue weighted by atomic mass is 10.1. The Morgan fingerprint density at radius 2 is 2.00 bits per heavy atom. The van der Waals surface area contributed by atoms with Gasteiger partial charge in [0.05, 0.1) is 11.2 Å². The Bertz CT molecular complexity index is 888. The molecular formula is C18H13Cl2N3O2. The van der Waals surface area contributed by atoms with Crippen molar-refractivity contribution < 1.29 is 9.53 Å². The van der Waals surface area contributed by atoms with Gasteiger partial charge < -0.3 is 10.1 Å². The first kappa shape index (κ1) is 17.2. The molecule has 0 fully saturated rings. The van der Waals surface area contributed by atoms with E-state index in [0.717, 1.165) is 5.56 Å². The summed E-state index contributed by atoms with van der Waals surface area (Å²) in [6.45, 7) is 0.256. The molecule has 0 spiro atoms. The summed E-state index contributed by atoms with van der Waals surface area (Å²) < 4.78 is 5.69. The second-order valence-corrected chi connectivity index (χ2v) is 5.95. The number of amides is 1. The van der Waals surface area contributed by atoms with Crippen LogP contribution >= 0.6 is 23.2 Å².